The van der Waals surface area contributed by atoms with Crippen LogP contribution in [0.15, 0.2) is 32.9 Å². The largest absolute Gasteiger partial charge is 0.480 e. The lowest BCUT2D eigenvalue weighted by Crippen LogP contribution is -2.36. The van der Waals surface area contributed by atoms with Crippen LogP contribution in [0, 0.1) is 12.8 Å². The summed E-state index contributed by atoms with van der Waals surface area (Å²) < 4.78 is 6.69. The molecular weight excluding hydrogens is 426 g/mol. The molecule has 32 heavy (non-hydrogen) atoms. The number of hydrogen-bond donors (Lipinski definition) is 2. The normalized spacial score (nSPS) is 17.7. The number of aryl methyl sites for hydroxylation is 1. The number of hydrogen-bond acceptors (Lipinski definition) is 6. The van der Waals surface area contributed by atoms with Gasteiger partial charge in [-0.1, -0.05) is 18.2 Å². The van der Waals surface area contributed by atoms with Crippen molar-refractivity contribution in [1.29, 1.82) is 0 Å². The van der Waals surface area contributed by atoms with Crippen molar-refractivity contribution in [3.63, 3.8) is 0 Å². The van der Waals surface area contributed by atoms with Crippen molar-refractivity contribution in [2.24, 2.45) is 10.9 Å². The Labute approximate surface area is 193 Å². The molecule has 0 radical (unpaired) electrons. The summed E-state index contributed by atoms with van der Waals surface area (Å²) in [4.78, 5) is 29.0. The van der Waals surface area contributed by atoms with Gasteiger partial charge in [0.15, 0.2) is 5.43 Å². The molecule has 8 heteroatoms. The van der Waals surface area contributed by atoms with Crippen LogP contribution in [0.5, 0.6) is 0 Å². The number of carboxylic acids is 1. The molecule has 1 heterocycles. The minimum atomic E-state index is -1.00. The highest BCUT2D eigenvalue weighted by molar-refractivity contribution is 7.98. The summed E-state index contributed by atoms with van der Waals surface area (Å²) in [6.07, 6.45) is 8.32. The maximum atomic E-state index is 12.8. The number of carboxylic acid groups (broad SMARTS) is 1. The Morgan fingerprint density at radius 2 is 2.12 bits per heavy atom. The van der Waals surface area contributed by atoms with E-state index in [4.69, 9.17) is 4.74 Å². The standard InChI is InChI=1S/C17H18N2O3S.C7H15NO/c1-5-6-12-15(22)11-8-7-10(2)16(23-4)14(11)19(9-13(20)21)17(12)18-3;1-8-5-6-3-7(4-6)9-2/h5-8H,3,9H2,1-2,4H3,(H,20,21);6-8H,3-5H2,1-2H3/b6-5-;. The maximum absolute atomic E-state index is 12.8. The molecule has 1 aliphatic carbocycles. The molecule has 0 aliphatic heterocycles. The number of aromatic nitrogens is 1. The number of benzene rings is 1. The van der Waals surface area contributed by atoms with Crippen LogP contribution in [-0.4, -0.2) is 55.4 Å². The Morgan fingerprint density at radius 1 is 1.44 bits per heavy atom. The smallest absolute Gasteiger partial charge is 0.323 e. The third kappa shape index (κ3) is 5.68. The molecule has 0 amide bonds. The maximum Gasteiger partial charge on any atom is 0.323 e. The van der Waals surface area contributed by atoms with Crippen molar-refractivity contribution in [2.45, 2.75) is 44.2 Å². The van der Waals surface area contributed by atoms with Gasteiger partial charge in [0.2, 0.25) is 0 Å². The lowest BCUT2D eigenvalue weighted by Gasteiger charge is -2.33. The molecule has 1 saturated carbocycles. The zero-order valence-corrected chi connectivity index (χ0v) is 20.3. The molecule has 7 nitrogen and oxygen atoms in total. The van der Waals surface area contributed by atoms with Crippen LogP contribution in [0.2, 0.25) is 0 Å². The highest BCUT2D eigenvalue weighted by Gasteiger charge is 2.27. The van der Waals surface area contributed by atoms with E-state index in [9.17, 15) is 14.7 Å². The van der Waals surface area contributed by atoms with Gasteiger partial charge in [-0.15, -0.1) is 11.8 Å². The summed E-state index contributed by atoms with van der Waals surface area (Å²) in [6.45, 7) is 8.12. The molecule has 3 rings (SSSR count). The summed E-state index contributed by atoms with van der Waals surface area (Å²) in [5, 5.41) is 12.9. The van der Waals surface area contributed by atoms with E-state index in [1.165, 1.54) is 24.6 Å². The van der Waals surface area contributed by atoms with Crippen LogP contribution in [0.1, 0.15) is 30.9 Å². The second kappa shape index (κ2) is 12.0. The van der Waals surface area contributed by atoms with Gasteiger partial charge in [-0.3, -0.25) is 9.59 Å². The molecule has 0 bridgehead atoms. The van der Waals surface area contributed by atoms with Crippen LogP contribution in [0.4, 0.5) is 5.82 Å². The molecule has 0 atom stereocenters. The van der Waals surface area contributed by atoms with Gasteiger partial charge in [-0.2, -0.15) is 0 Å². The number of aliphatic imine (C=N–C) groups is 1. The van der Waals surface area contributed by atoms with E-state index in [0.717, 1.165) is 22.9 Å². The van der Waals surface area contributed by atoms with E-state index in [1.807, 2.05) is 26.3 Å². The van der Waals surface area contributed by atoms with Crippen molar-refractivity contribution < 1.29 is 14.6 Å². The number of allylic oxidation sites excluding steroid dienone is 1. The Balaban J connectivity index is 0.000000336. The first-order valence-corrected chi connectivity index (χ1v) is 11.8. The number of rotatable bonds is 8. The minimum absolute atomic E-state index is 0.169. The van der Waals surface area contributed by atoms with Crippen LogP contribution in [0.25, 0.3) is 17.0 Å². The first kappa shape index (κ1) is 25.8. The highest BCUT2D eigenvalue weighted by Crippen LogP contribution is 2.33. The number of methoxy groups -OCH3 is 1. The number of nitrogens with zero attached hydrogens (tertiary/aromatic N) is 2. The van der Waals surface area contributed by atoms with Gasteiger partial charge in [0.25, 0.3) is 0 Å². The topological polar surface area (TPSA) is 92.9 Å². The number of fused-ring (bicyclic) bond motifs is 1. The first-order chi connectivity index (χ1) is 15.3. The van der Waals surface area contributed by atoms with E-state index in [0.29, 0.717) is 22.6 Å². The zero-order valence-electron chi connectivity index (χ0n) is 19.5. The lowest BCUT2D eigenvalue weighted by atomic mass is 9.82. The minimum Gasteiger partial charge on any atom is -0.480 e. The van der Waals surface area contributed by atoms with Crippen molar-refractivity contribution in [2.75, 3.05) is 27.0 Å². The number of carbonyl (C=O) groups is 1. The van der Waals surface area contributed by atoms with Crippen molar-refractivity contribution in [3.8, 4) is 0 Å². The monoisotopic (exact) mass is 459 g/mol. The second-order valence-corrected chi connectivity index (χ2v) is 8.59. The van der Waals surface area contributed by atoms with Gasteiger partial charge in [0.05, 0.1) is 17.2 Å². The lowest BCUT2D eigenvalue weighted by molar-refractivity contribution is -0.137. The fourth-order valence-electron chi connectivity index (χ4n) is 3.98. The Bertz CT molecular complexity index is 1060. The average Bonchev–Trinajstić information content (AvgIpc) is 2.73. The molecule has 2 N–H and O–H groups in total. The van der Waals surface area contributed by atoms with Crippen LogP contribution >= 0.6 is 11.8 Å². The molecular formula is C24H33N3O4S. The first-order valence-electron chi connectivity index (χ1n) is 10.5. The SMILES string of the molecule is C=Nc1c(/C=C\C)c(=O)c2ccc(C)c(SC)c2n1CC(=O)O.CNCC1CC(OC)C1. The number of aliphatic carboxylic acids is 1. The van der Waals surface area contributed by atoms with Gasteiger partial charge in [0, 0.05) is 17.4 Å². The van der Waals surface area contributed by atoms with Gasteiger partial charge in [-0.25, -0.2) is 4.99 Å². The molecule has 174 valence electrons. The predicted octanol–water partition coefficient (Wildman–Crippen LogP) is 4.11. The van der Waals surface area contributed by atoms with E-state index < -0.39 is 5.97 Å². The number of thioether (sulfide) groups is 1. The summed E-state index contributed by atoms with van der Waals surface area (Å²) in [5.74, 6) is 0.156. The van der Waals surface area contributed by atoms with Gasteiger partial charge >= 0.3 is 5.97 Å². The second-order valence-electron chi connectivity index (χ2n) is 7.77. The van der Waals surface area contributed by atoms with Crippen molar-refractivity contribution in [3.05, 3.63) is 39.6 Å². The van der Waals surface area contributed by atoms with Gasteiger partial charge in [-0.05, 0) is 70.8 Å². The van der Waals surface area contributed by atoms with Crippen molar-refractivity contribution in [1.82, 2.24) is 9.88 Å². The molecule has 1 aromatic heterocycles. The molecule has 1 aliphatic rings. The molecule has 0 spiro atoms. The number of ether oxygens (including phenoxy) is 1. The third-order valence-corrected chi connectivity index (χ3v) is 6.51. The zero-order chi connectivity index (χ0) is 23.8. The molecule has 1 fully saturated rings. The van der Waals surface area contributed by atoms with Gasteiger partial charge < -0.3 is 19.7 Å². The molecule has 0 saturated heterocycles. The van der Waals surface area contributed by atoms with Crippen LogP contribution < -0.4 is 10.7 Å². The fraction of sp³-hybridized carbons (Fsp3) is 0.458. The molecule has 1 aromatic carbocycles. The quantitative estimate of drug-likeness (QED) is 0.456. The van der Waals surface area contributed by atoms with Crippen molar-refractivity contribution >= 4 is 47.2 Å². The predicted molar refractivity (Wildman–Crippen MR) is 134 cm³/mol. The van der Waals surface area contributed by atoms with E-state index in [2.05, 4.69) is 17.0 Å². The molecule has 0 unspecified atom stereocenters. The fourth-order valence-corrected chi connectivity index (χ4v) is 4.78. The molecule has 2 aromatic rings. The van der Waals surface area contributed by atoms with Crippen LogP contribution in [0.3, 0.4) is 0 Å². The number of pyridine rings is 1. The third-order valence-electron chi connectivity index (χ3n) is 5.58. The van der Waals surface area contributed by atoms with E-state index in [1.54, 1.807) is 36.8 Å². The number of nitrogens with one attached hydrogen (secondary N) is 1. The highest BCUT2D eigenvalue weighted by atomic mass is 32.2. The Kier molecular flexibility index (Phi) is 9.68. The average molecular weight is 460 g/mol. The Morgan fingerprint density at radius 3 is 2.62 bits per heavy atom. The van der Waals surface area contributed by atoms with E-state index in [-0.39, 0.29) is 17.8 Å². The Hall–Kier alpha value is -2.42. The van der Waals surface area contributed by atoms with Crippen LogP contribution in [-0.2, 0) is 16.1 Å². The summed E-state index contributed by atoms with van der Waals surface area (Å²) in [5.41, 5.74) is 1.77. The summed E-state index contributed by atoms with van der Waals surface area (Å²) in [6, 6.07) is 3.62. The summed E-state index contributed by atoms with van der Waals surface area (Å²) >= 11 is 1.48. The van der Waals surface area contributed by atoms with Gasteiger partial charge in [0.1, 0.15) is 12.4 Å². The van der Waals surface area contributed by atoms with E-state index >= 15 is 0 Å². The summed E-state index contributed by atoms with van der Waals surface area (Å²) in [7, 11) is 3.79.